The van der Waals surface area contributed by atoms with Crippen LogP contribution < -0.4 is 5.32 Å². The molecule has 0 radical (unpaired) electrons. The molecule has 2 aliphatic rings. The van der Waals surface area contributed by atoms with Crippen LogP contribution >= 0.6 is 0 Å². The topological polar surface area (TPSA) is 12.0 Å². The van der Waals surface area contributed by atoms with E-state index < -0.39 is 0 Å². The Labute approximate surface area is 74.5 Å². The molecule has 1 N–H and O–H groups in total. The predicted molar refractivity (Wildman–Crippen MR) is 52.0 cm³/mol. The van der Waals surface area contributed by atoms with E-state index >= 15 is 0 Å². The number of hydrogen-bond donors (Lipinski definition) is 1. The van der Waals surface area contributed by atoms with Crippen LogP contribution in [-0.2, 0) is 0 Å². The highest BCUT2D eigenvalue weighted by Crippen LogP contribution is 2.25. The van der Waals surface area contributed by atoms with Gasteiger partial charge in [-0.25, -0.2) is 0 Å². The van der Waals surface area contributed by atoms with Crippen molar-refractivity contribution < 1.29 is 0 Å². The Morgan fingerprint density at radius 3 is 3.33 bits per heavy atom. The van der Waals surface area contributed by atoms with Crippen LogP contribution in [0.4, 0.5) is 0 Å². The molecule has 1 heterocycles. The smallest absolute Gasteiger partial charge is 0.0317 e. The van der Waals surface area contributed by atoms with Gasteiger partial charge in [-0.2, -0.15) is 0 Å². The van der Waals surface area contributed by atoms with E-state index in [2.05, 4.69) is 30.5 Å². The van der Waals surface area contributed by atoms with Crippen molar-refractivity contribution in [2.24, 2.45) is 5.92 Å². The molecular formula is C11H17N. The normalized spacial score (nSPS) is 35.2. The van der Waals surface area contributed by atoms with Crippen LogP contribution in [0.5, 0.6) is 0 Å². The highest BCUT2D eigenvalue weighted by Gasteiger charge is 2.19. The molecule has 0 saturated carbocycles. The lowest BCUT2D eigenvalue weighted by Gasteiger charge is -2.20. The van der Waals surface area contributed by atoms with Crippen molar-refractivity contribution >= 4 is 0 Å². The number of hydrogen-bond acceptors (Lipinski definition) is 1. The Hall–Kier alpha value is -0.560. The lowest BCUT2D eigenvalue weighted by Crippen LogP contribution is -2.30. The van der Waals surface area contributed by atoms with Gasteiger partial charge >= 0.3 is 0 Å². The van der Waals surface area contributed by atoms with E-state index in [-0.39, 0.29) is 0 Å². The lowest BCUT2D eigenvalue weighted by molar-refractivity contribution is 0.538. The Morgan fingerprint density at radius 2 is 2.42 bits per heavy atom. The van der Waals surface area contributed by atoms with Crippen molar-refractivity contribution in [2.75, 3.05) is 6.54 Å². The van der Waals surface area contributed by atoms with Crippen molar-refractivity contribution in [1.82, 2.24) is 5.32 Å². The van der Waals surface area contributed by atoms with Crippen LogP contribution in [0.2, 0.25) is 0 Å². The SMILES string of the molecule is CC1CCNC2CC=CC=C2C1. The van der Waals surface area contributed by atoms with Crippen LogP contribution in [0.3, 0.4) is 0 Å². The second-order valence-corrected chi connectivity index (χ2v) is 4.01. The summed E-state index contributed by atoms with van der Waals surface area (Å²) in [6, 6.07) is 0.653. The molecule has 66 valence electrons. The van der Waals surface area contributed by atoms with Gasteiger partial charge in [0.05, 0.1) is 0 Å². The lowest BCUT2D eigenvalue weighted by atomic mass is 9.92. The minimum Gasteiger partial charge on any atom is -0.310 e. The molecule has 0 aromatic carbocycles. The highest BCUT2D eigenvalue weighted by atomic mass is 14.9. The van der Waals surface area contributed by atoms with Gasteiger partial charge in [-0.3, -0.25) is 0 Å². The molecule has 1 saturated heterocycles. The molecule has 2 unspecified atom stereocenters. The average Bonchev–Trinajstić information content (AvgIpc) is 2.25. The van der Waals surface area contributed by atoms with Crippen molar-refractivity contribution in [3.63, 3.8) is 0 Å². The van der Waals surface area contributed by atoms with Crippen LogP contribution in [0, 0.1) is 5.92 Å². The molecule has 2 rings (SSSR count). The molecule has 0 bridgehead atoms. The van der Waals surface area contributed by atoms with Gasteiger partial charge in [0.2, 0.25) is 0 Å². The van der Waals surface area contributed by atoms with Crippen molar-refractivity contribution in [3.8, 4) is 0 Å². The van der Waals surface area contributed by atoms with Crippen molar-refractivity contribution in [2.45, 2.75) is 32.2 Å². The fourth-order valence-corrected chi connectivity index (χ4v) is 2.11. The Balaban J connectivity index is 2.12. The molecule has 2 atom stereocenters. The summed E-state index contributed by atoms with van der Waals surface area (Å²) >= 11 is 0. The largest absolute Gasteiger partial charge is 0.310 e. The predicted octanol–water partition coefficient (Wildman–Crippen LogP) is 2.26. The van der Waals surface area contributed by atoms with E-state index in [1.165, 1.54) is 25.8 Å². The van der Waals surface area contributed by atoms with E-state index in [0.717, 1.165) is 5.92 Å². The molecule has 1 nitrogen and oxygen atoms in total. The van der Waals surface area contributed by atoms with Crippen LogP contribution in [0.15, 0.2) is 23.8 Å². The summed E-state index contributed by atoms with van der Waals surface area (Å²) in [7, 11) is 0. The fourth-order valence-electron chi connectivity index (χ4n) is 2.11. The first-order valence-corrected chi connectivity index (χ1v) is 4.95. The highest BCUT2D eigenvalue weighted by molar-refractivity contribution is 5.24. The first kappa shape index (κ1) is 8.06. The summed E-state index contributed by atoms with van der Waals surface area (Å²) in [6.07, 6.45) is 10.6. The zero-order chi connectivity index (χ0) is 8.39. The standard InChI is InChI=1S/C11H17N/c1-9-6-7-12-11-5-3-2-4-10(11)8-9/h2-4,9,11-12H,5-8H2,1H3. The third kappa shape index (κ3) is 1.61. The maximum Gasteiger partial charge on any atom is 0.0317 e. The third-order valence-corrected chi connectivity index (χ3v) is 2.88. The van der Waals surface area contributed by atoms with Gasteiger partial charge in [0.25, 0.3) is 0 Å². The molecule has 0 aromatic rings. The summed E-state index contributed by atoms with van der Waals surface area (Å²) in [6.45, 7) is 3.54. The molecule has 12 heavy (non-hydrogen) atoms. The number of rotatable bonds is 0. The quantitative estimate of drug-likeness (QED) is 0.577. The van der Waals surface area contributed by atoms with E-state index in [4.69, 9.17) is 0 Å². The van der Waals surface area contributed by atoms with Crippen LogP contribution in [-0.4, -0.2) is 12.6 Å². The summed E-state index contributed by atoms with van der Waals surface area (Å²) in [5.41, 5.74) is 1.61. The number of fused-ring (bicyclic) bond motifs is 1. The van der Waals surface area contributed by atoms with Gasteiger partial charge in [0, 0.05) is 6.04 Å². The maximum absolute atomic E-state index is 3.59. The Kier molecular flexibility index (Phi) is 2.31. The molecule has 0 spiro atoms. The van der Waals surface area contributed by atoms with Gasteiger partial charge in [-0.1, -0.05) is 30.7 Å². The number of nitrogens with one attached hydrogen (secondary N) is 1. The van der Waals surface area contributed by atoms with Gasteiger partial charge in [0.15, 0.2) is 0 Å². The minimum atomic E-state index is 0.653. The Bertz CT molecular complexity index is 215. The van der Waals surface area contributed by atoms with Gasteiger partial charge in [0.1, 0.15) is 0 Å². The van der Waals surface area contributed by atoms with E-state index in [1.807, 2.05) is 0 Å². The molecule has 0 amide bonds. The van der Waals surface area contributed by atoms with Gasteiger partial charge in [-0.05, 0) is 31.7 Å². The molecular weight excluding hydrogens is 146 g/mol. The van der Waals surface area contributed by atoms with E-state index in [9.17, 15) is 0 Å². The average molecular weight is 163 g/mol. The second kappa shape index (κ2) is 3.44. The molecule has 1 fully saturated rings. The first-order valence-electron chi connectivity index (χ1n) is 4.95. The molecule has 1 heteroatoms. The van der Waals surface area contributed by atoms with Crippen molar-refractivity contribution in [3.05, 3.63) is 23.8 Å². The molecule has 1 aliphatic carbocycles. The number of allylic oxidation sites excluding steroid dienone is 2. The summed E-state index contributed by atoms with van der Waals surface area (Å²) < 4.78 is 0. The van der Waals surface area contributed by atoms with Crippen LogP contribution in [0.1, 0.15) is 26.2 Å². The van der Waals surface area contributed by atoms with Crippen LogP contribution in [0.25, 0.3) is 0 Å². The monoisotopic (exact) mass is 163 g/mol. The van der Waals surface area contributed by atoms with E-state index in [1.54, 1.807) is 5.57 Å². The summed E-state index contributed by atoms with van der Waals surface area (Å²) in [5.74, 6) is 0.861. The fraction of sp³-hybridized carbons (Fsp3) is 0.636. The van der Waals surface area contributed by atoms with Gasteiger partial charge in [-0.15, -0.1) is 0 Å². The molecule has 0 aromatic heterocycles. The Morgan fingerprint density at radius 1 is 1.50 bits per heavy atom. The van der Waals surface area contributed by atoms with Gasteiger partial charge < -0.3 is 5.32 Å². The second-order valence-electron chi connectivity index (χ2n) is 4.01. The minimum absolute atomic E-state index is 0.653. The molecule has 1 aliphatic heterocycles. The zero-order valence-corrected chi connectivity index (χ0v) is 7.72. The third-order valence-electron chi connectivity index (χ3n) is 2.88. The summed E-state index contributed by atoms with van der Waals surface area (Å²) in [4.78, 5) is 0. The summed E-state index contributed by atoms with van der Waals surface area (Å²) in [5, 5.41) is 3.59. The zero-order valence-electron chi connectivity index (χ0n) is 7.72. The van der Waals surface area contributed by atoms with E-state index in [0.29, 0.717) is 6.04 Å². The first-order chi connectivity index (χ1) is 5.86. The van der Waals surface area contributed by atoms with Crippen molar-refractivity contribution in [1.29, 1.82) is 0 Å². The maximum atomic E-state index is 3.59.